The first-order chi connectivity index (χ1) is 16.7. The van der Waals surface area contributed by atoms with E-state index in [-0.39, 0.29) is 17.6 Å². The summed E-state index contributed by atoms with van der Waals surface area (Å²) in [5.74, 6) is -0.280. The van der Waals surface area contributed by atoms with E-state index in [4.69, 9.17) is 4.74 Å². The van der Waals surface area contributed by atoms with Crippen molar-refractivity contribution in [1.29, 1.82) is 0 Å². The lowest BCUT2D eigenvalue weighted by molar-refractivity contribution is -0.137. The molecule has 2 aromatic heterocycles. The van der Waals surface area contributed by atoms with Crippen LogP contribution in [0.2, 0.25) is 0 Å². The van der Waals surface area contributed by atoms with E-state index in [0.29, 0.717) is 11.3 Å². The maximum absolute atomic E-state index is 13.3. The molecule has 0 aliphatic heterocycles. The molecule has 1 N–H and O–H groups in total. The standard InChI is InChI=1S/C24H19F3N4O4/c1-35-16-10-8-15(9-11-16)13-31-22(33)21-19(7-4-12-28-21)30(23(31)34)14-20(32)29-18-6-3-2-5-17(18)24(25,26)27/h2-12H,13-14H2,1H3,(H,29,32). The molecule has 0 saturated carbocycles. The van der Waals surface area contributed by atoms with Gasteiger partial charge in [-0.1, -0.05) is 24.3 Å². The number of alkyl halides is 3. The topological polar surface area (TPSA) is 95.2 Å². The van der Waals surface area contributed by atoms with Gasteiger partial charge in [0.05, 0.1) is 30.4 Å². The molecular weight excluding hydrogens is 465 g/mol. The van der Waals surface area contributed by atoms with Gasteiger partial charge in [0.1, 0.15) is 12.3 Å². The van der Waals surface area contributed by atoms with Crippen LogP contribution in [0.15, 0.2) is 76.4 Å². The van der Waals surface area contributed by atoms with Crippen LogP contribution in [0.1, 0.15) is 11.1 Å². The van der Waals surface area contributed by atoms with Gasteiger partial charge in [0.25, 0.3) is 5.56 Å². The second-order valence-corrected chi connectivity index (χ2v) is 7.57. The highest BCUT2D eigenvalue weighted by atomic mass is 19.4. The molecule has 0 aliphatic carbocycles. The number of rotatable bonds is 6. The number of methoxy groups -OCH3 is 1. The van der Waals surface area contributed by atoms with Crippen molar-refractivity contribution in [3.05, 3.63) is 98.8 Å². The van der Waals surface area contributed by atoms with Crippen LogP contribution >= 0.6 is 0 Å². The summed E-state index contributed by atoms with van der Waals surface area (Å²) >= 11 is 0. The molecule has 0 spiro atoms. The third-order valence-corrected chi connectivity index (χ3v) is 5.29. The lowest BCUT2D eigenvalue weighted by Gasteiger charge is -2.16. The molecule has 0 atom stereocenters. The average molecular weight is 484 g/mol. The van der Waals surface area contributed by atoms with Crippen LogP contribution in [0.25, 0.3) is 11.0 Å². The Hall–Kier alpha value is -4.41. The number of nitrogens with zero attached hydrogens (tertiary/aromatic N) is 3. The van der Waals surface area contributed by atoms with Gasteiger partial charge in [-0.15, -0.1) is 0 Å². The van der Waals surface area contributed by atoms with Crippen molar-refractivity contribution < 1.29 is 22.7 Å². The third-order valence-electron chi connectivity index (χ3n) is 5.29. The molecule has 1 amide bonds. The summed E-state index contributed by atoms with van der Waals surface area (Å²) in [6.07, 6.45) is -3.31. The van der Waals surface area contributed by atoms with Crippen LogP contribution in [-0.2, 0) is 24.1 Å². The van der Waals surface area contributed by atoms with Crippen LogP contribution in [-0.4, -0.2) is 27.1 Å². The Morgan fingerprint density at radius 1 is 1.00 bits per heavy atom. The van der Waals surface area contributed by atoms with E-state index < -0.39 is 41.1 Å². The van der Waals surface area contributed by atoms with Gasteiger partial charge in [-0.3, -0.25) is 18.7 Å². The van der Waals surface area contributed by atoms with E-state index >= 15 is 0 Å². The molecule has 180 valence electrons. The van der Waals surface area contributed by atoms with E-state index in [9.17, 15) is 27.6 Å². The zero-order valence-electron chi connectivity index (χ0n) is 18.4. The third kappa shape index (κ3) is 4.93. The molecule has 0 radical (unpaired) electrons. The summed E-state index contributed by atoms with van der Waals surface area (Å²) in [4.78, 5) is 43.0. The number of carbonyl (C=O) groups excluding carboxylic acids is 1. The van der Waals surface area contributed by atoms with Crippen molar-refractivity contribution in [2.45, 2.75) is 19.3 Å². The Balaban J connectivity index is 1.73. The molecule has 0 fully saturated rings. The minimum absolute atomic E-state index is 0.0518. The minimum atomic E-state index is -4.68. The summed E-state index contributed by atoms with van der Waals surface area (Å²) in [5, 5.41) is 2.21. The summed E-state index contributed by atoms with van der Waals surface area (Å²) < 4.78 is 46.9. The molecule has 0 bridgehead atoms. The predicted molar refractivity (Wildman–Crippen MR) is 122 cm³/mol. The summed E-state index contributed by atoms with van der Waals surface area (Å²) in [6, 6.07) is 14.2. The number of pyridine rings is 1. The van der Waals surface area contributed by atoms with Gasteiger partial charge in [-0.2, -0.15) is 13.2 Å². The van der Waals surface area contributed by atoms with Crippen LogP contribution in [0.4, 0.5) is 18.9 Å². The fraction of sp³-hybridized carbons (Fsp3) is 0.167. The van der Waals surface area contributed by atoms with Crippen LogP contribution < -0.4 is 21.3 Å². The molecule has 11 heteroatoms. The Labute approximate surface area is 196 Å². The van der Waals surface area contributed by atoms with E-state index in [1.54, 1.807) is 24.3 Å². The first-order valence-electron chi connectivity index (χ1n) is 10.4. The number of hydrogen-bond donors (Lipinski definition) is 1. The number of benzene rings is 2. The summed E-state index contributed by atoms with van der Waals surface area (Å²) in [6.45, 7) is -0.733. The van der Waals surface area contributed by atoms with Gasteiger partial charge in [0.15, 0.2) is 5.52 Å². The normalized spacial score (nSPS) is 11.4. The molecule has 8 nitrogen and oxygen atoms in total. The molecule has 35 heavy (non-hydrogen) atoms. The van der Waals surface area contributed by atoms with Crippen molar-refractivity contribution in [3.8, 4) is 5.75 Å². The molecular formula is C24H19F3N4O4. The SMILES string of the molecule is COc1ccc(Cn2c(=O)c3ncccc3n(CC(=O)Nc3ccccc3C(F)(F)F)c2=O)cc1. The lowest BCUT2D eigenvalue weighted by Crippen LogP contribution is -2.42. The smallest absolute Gasteiger partial charge is 0.418 e. The summed E-state index contributed by atoms with van der Waals surface area (Å²) in [7, 11) is 1.51. The van der Waals surface area contributed by atoms with Crippen molar-refractivity contribution in [2.24, 2.45) is 0 Å². The molecule has 2 aromatic carbocycles. The van der Waals surface area contributed by atoms with E-state index in [1.165, 1.54) is 37.6 Å². The monoisotopic (exact) mass is 484 g/mol. The fourth-order valence-corrected chi connectivity index (χ4v) is 3.62. The Morgan fingerprint density at radius 3 is 2.40 bits per heavy atom. The number of anilines is 1. The first-order valence-corrected chi connectivity index (χ1v) is 10.4. The number of para-hydroxylation sites is 1. The molecule has 0 aliphatic rings. The highest BCUT2D eigenvalue weighted by Gasteiger charge is 2.33. The fourth-order valence-electron chi connectivity index (χ4n) is 3.62. The van der Waals surface area contributed by atoms with Crippen LogP contribution in [0, 0.1) is 0 Å². The molecule has 0 saturated heterocycles. The first kappa shape index (κ1) is 23.7. The van der Waals surface area contributed by atoms with E-state index in [1.807, 2.05) is 0 Å². The number of halogens is 3. The highest BCUT2D eigenvalue weighted by molar-refractivity contribution is 5.92. The molecule has 4 rings (SSSR count). The zero-order chi connectivity index (χ0) is 25.2. The number of amides is 1. The maximum atomic E-state index is 13.3. The molecule has 2 heterocycles. The second kappa shape index (κ2) is 9.45. The van der Waals surface area contributed by atoms with Crippen LogP contribution in [0.5, 0.6) is 5.75 Å². The van der Waals surface area contributed by atoms with Gasteiger partial charge in [0.2, 0.25) is 5.91 Å². The van der Waals surface area contributed by atoms with Gasteiger partial charge in [-0.25, -0.2) is 9.78 Å². The van der Waals surface area contributed by atoms with Gasteiger partial charge < -0.3 is 10.1 Å². The Kier molecular flexibility index (Phi) is 6.41. The van der Waals surface area contributed by atoms with Gasteiger partial charge in [-0.05, 0) is 42.0 Å². The largest absolute Gasteiger partial charge is 0.497 e. The number of aromatic nitrogens is 3. The summed E-state index contributed by atoms with van der Waals surface area (Å²) in [5.41, 5.74) is -2.25. The van der Waals surface area contributed by atoms with Crippen molar-refractivity contribution in [2.75, 3.05) is 12.4 Å². The average Bonchev–Trinajstić information content (AvgIpc) is 2.84. The number of fused-ring (bicyclic) bond motifs is 1. The highest BCUT2D eigenvalue weighted by Crippen LogP contribution is 2.34. The molecule has 4 aromatic rings. The van der Waals surface area contributed by atoms with Crippen LogP contribution in [0.3, 0.4) is 0 Å². The number of nitrogens with one attached hydrogen (secondary N) is 1. The zero-order valence-corrected chi connectivity index (χ0v) is 18.4. The number of hydrogen-bond acceptors (Lipinski definition) is 5. The quantitative estimate of drug-likeness (QED) is 0.453. The van der Waals surface area contributed by atoms with Gasteiger partial charge >= 0.3 is 11.9 Å². The Bertz CT molecular complexity index is 1510. The Morgan fingerprint density at radius 2 is 1.71 bits per heavy atom. The van der Waals surface area contributed by atoms with Crippen molar-refractivity contribution >= 4 is 22.6 Å². The van der Waals surface area contributed by atoms with E-state index in [2.05, 4.69) is 10.3 Å². The minimum Gasteiger partial charge on any atom is -0.497 e. The number of ether oxygens (including phenoxy) is 1. The predicted octanol–water partition coefficient (Wildman–Crippen LogP) is 3.27. The second-order valence-electron chi connectivity index (χ2n) is 7.57. The molecule has 0 unspecified atom stereocenters. The lowest BCUT2D eigenvalue weighted by atomic mass is 10.1. The van der Waals surface area contributed by atoms with Crippen molar-refractivity contribution in [1.82, 2.24) is 14.1 Å². The van der Waals surface area contributed by atoms with E-state index in [0.717, 1.165) is 21.3 Å². The maximum Gasteiger partial charge on any atom is 0.418 e. The van der Waals surface area contributed by atoms with Gasteiger partial charge in [0, 0.05) is 6.20 Å². The van der Waals surface area contributed by atoms with Crippen molar-refractivity contribution in [3.63, 3.8) is 0 Å². The number of carbonyl (C=O) groups is 1.